The quantitative estimate of drug-likeness (QED) is 0.570. The Bertz CT molecular complexity index is 1100. The van der Waals surface area contributed by atoms with Crippen molar-refractivity contribution in [2.75, 3.05) is 19.5 Å². The molecule has 8 heteroatoms. The van der Waals surface area contributed by atoms with E-state index in [4.69, 9.17) is 9.47 Å². The molecule has 0 amide bonds. The lowest BCUT2D eigenvalue weighted by molar-refractivity contribution is -0.146. The molecular weight excluding hydrogens is 411 g/mol. The van der Waals surface area contributed by atoms with E-state index in [1.807, 2.05) is 36.4 Å². The first-order chi connectivity index (χ1) is 15.6. The minimum absolute atomic E-state index is 0.0602. The highest BCUT2D eigenvalue weighted by atomic mass is 19.1. The van der Waals surface area contributed by atoms with Gasteiger partial charge in [-0.25, -0.2) is 19.3 Å². The van der Waals surface area contributed by atoms with E-state index in [0.717, 1.165) is 36.8 Å². The zero-order chi connectivity index (χ0) is 22.5. The molecule has 0 radical (unpaired) electrons. The second-order valence-corrected chi connectivity index (χ2v) is 7.75. The molecule has 3 aromatic rings. The van der Waals surface area contributed by atoms with Crippen LogP contribution in [0.2, 0.25) is 0 Å². The van der Waals surface area contributed by atoms with Gasteiger partial charge < -0.3 is 14.8 Å². The summed E-state index contributed by atoms with van der Waals surface area (Å²) >= 11 is 0. The van der Waals surface area contributed by atoms with Gasteiger partial charge in [0.15, 0.2) is 5.82 Å². The van der Waals surface area contributed by atoms with Crippen LogP contribution in [-0.2, 0) is 9.53 Å². The van der Waals surface area contributed by atoms with Crippen LogP contribution in [0.5, 0.6) is 5.88 Å². The highest BCUT2D eigenvalue weighted by Crippen LogP contribution is 2.32. The Hall–Kier alpha value is -3.55. The number of pyridine rings is 1. The molecule has 32 heavy (non-hydrogen) atoms. The second kappa shape index (κ2) is 9.72. The molecule has 0 aliphatic heterocycles. The standard InChI is InChI=1S/C24H25FN4O3/c1-31-22-19(7-4-12-26-22)16-5-3-6-17(13-16)21-20(25)14-27-24(29-21)28-18-10-8-15(9-11-18)23(30)32-2/h3-7,12-15,18H,8-11H2,1-2H3,(H,27,28,29). The van der Waals surface area contributed by atoms with Gasteiger partial charge in [-0.1, -0.05) is 18.2 Å². The molecule has 1 fully saturated rings. The summed E-state index contributed by atoms with van der Waals surface area (Å²) in [6, 6.07) is 11.3. The number of aromatic nitrogens is 3. The van der Waals surface area contributed by atoms with Gasteiger partial charge in [0.25, 0.3) is 0 Å². The van der Waals surface area contributed by atoms with E-state index in [1.54, 1.807) is 13.3 Å². The number of nitrogens with zero attached hydrogens (tertiary/aromatic N) is 3. The van der Waals surface area contributed by atoms with Gasteiger partial charge in [-0.15, -0.1) is 0 Å². The number of carbonyl (C=O) groups excluding carboxylic acids is 1. The molecule has 7 nitrogen and oxygen atoms in total. The number of hydrogen-bond donors (Lipinski definition) is 1. The number of carbonyl (C=O) groups is 1. The van der Waals surface area contributed by atoms with Crippen molar-refractivity contribution in [3.05, 3.63) is 54.6 Å². The fourth-order valence-electron chi connectivity index (χ4n) is 4.07. The third-order valence-electron chi connectivity index (χ3n) is 5.75. The van der Waals surface area contributed by atoms with Crippen LogP contribution in [0.15, 0.2) is 48.8 Å². The van der Waals surface area contributed by atoms with E-state index in [1.165, 1.54) is 13.3 Å². The number of anilines is 1. The summed E-state index contributed by atoms with van der Waals surface area (Å²) in [6.07, 6.45) is 5.92. The summed E-state index contributed by atoms with van der Waals surface area (Å²) in [5.74, 6) is 0.147. The van der Waals surface area contributed by atoms with Crippen molar-refractivity contribution in [2.45, 2.75) is 31.7 Å². The van der Waals surface area contributed by atoms with Crippen molar-refractivity contribution >= 4 is 11.9 Å². The van der Waals surface area contributed by atoms with Crippen LogP contribution in [-0.4, -0.2) is 41.2 Å². The third kappa shape index (κ3) is 4.69. The molecule has 1 saturated carbocycles. The van der Waals surface area contributed by atoms with E-state index >= 15 is 0 Å². The van der Waals surface area contributed by atoms with Crippen LogP contribution in [0.4, 0.5) is 10.3 Å². The highest BCUT2D eigenvalue weighted by molar-refractivity contribution is 5.74. The van der Waals surface area contributed by atoms with Crippen molar-refractivity contribution in [1.29, 1.82) is 0 Å². The van der Waals surface area contributed by atoms with E-state index in [0.29, 0.717) is 17.4 Å². The van der Waals surface area contributed by atoms with Gasteiger partial charge in [0.1, 0.15) is 5.69 Å². The Morgan fingerprint density at radius 3 is 2.59 bits per heavy atom. The van der Waals surface area contributed by atoms with Gasteiger partial charge in [-0.3, -0.25) is 4.79 Å². The first-order valence-electron chi connectivity index (χ1n) is 10.6. The minimum Gasteiger partial charge on any atom is -0.481 e. The number of halogens is 1. The van der Waals surface area contributed by atoms with Crippen molar-refractivity contribution in [2.24, 2.45) is 5.92 Å². The van der Waals surface area contributed by atoms with Crippen LogP contribution in [0.3, 0.4) is 0 Å². The van der Waals surface area contributed by atoms with Crippen LogP contribution < -0.4 is 10.1 Å². The van der Waals surface area contributed by atoms with Crippen molar-refractivity contribution in [1.82, 2.24) is 15.0 Å². The Kier molecular flexibility index (Phi) is 6.58. The molecule has 2 heterocycles. The lowest BCUT2D eigenvalue weighted by Crippen LogP contribution is -2.30. The van der Waals surface area contributed by atoms with E-state index < -0.39 is 5.82 Å². The Morgan fingerprint density at radius 2 is 1.84 bits per heavy atom. The lowest BCUT2D eigenvalue weighted by Gasteiger charge is -2.27. The molecule has 1 N–H and O–H groups in total. The van der Waals surface area contributed by atoms with Crippen molar-refractivity contribution < 1.29 is 18.7 Å². The molecule has 1 aromatic carbocycles. The minimum atomic E-state index is -0.500. The molecule has 2 aromatic heterocycles. The summed E-state index contributed by atoms with van der Waals surface area (Å²) < 4.78 is 24.8. The highest BCUT2D eigenvalue weighted by Gasteiger charge is 2.27. The Labute approximate surface area is 186 Å². The summed E-state index contributed by atoms with van der Waals surface area (Å²) in [7, 11) is 2.98. The molecule has 0 spiro atoms. The summed E-state index contributed by atoms with van der Waals surface area (Å²) in [5.41, 5.74) is 2.51. The first-order valence-corrected chi connectivity index (χ1v) is 10.6. The number of nitrogens with one attached hydrogen (secondary N) is 1. The van der Waals surface area contributed by atoms with Gasteiger partial charge in [-0.05, 0) is 49.4 Å². The molecule has 0 unspecified atom stereocenters. The van der Waals surface area contributed by atoms with Gasteiger partial charge in [0, 0.05) is 23.4 Å². The maximum absolute atomic E-state index is 14.7. The predicted octanol–water partition coefficient (Wildman–Crippen LogP) is 4.50. The van der Waals surface area contributed by atoms with Crippen LogP contribution in [0.1, 0.15) is 25.7 Å². The van der Waals surface area contributed by atoms with Crippen molar-refractivity contribution in [3.63, 3.8) is 0 Å². The van der Waals surface area contributed by atoms with Crippen LogP contribution >= 0.6 is 0 Å². The van der Waals surface area contributed by atoms with Crippen LogP contribution in [0.25, 0.3) is 22.4 Å². The van der Waals surface area contributed by atoms with E-state index in [9.17, 15) is 9.18 Å². The van der Waals surface area contributed by atoms with E-state index in [-0.39, 0.29) is 23.6 Å². The zero-order valence-electron chi connectivity index (χ0n) is 18.0. The topological polar surface area (TPSA) is 86.2 Å². The van der Waals surface area contributed by atoms with Gasteiger partial charge in [-0.2, -0.15) is 0 Å². The number of ether oxygens (including phenoxy) is 2. The Balaban J connectivity index is 1.54. The maximum atomic E-state index is 14.7. The number of hydrogen-bond acceptors (Lipinski definition) is 7. The molecule has 1 aliphatic carbocycles. The second-order valence-electron chi connectivity index (χ2n) is 7.75. The zero-order valence-corrected chi connectivity index (χ0v) is 18.0. The third-order valence-corrected chi connectivity index (χ3v) is 5.75. The molecular formula is C24H25FN4O3. The SMILES string of the molecule is COC(=O)C1CCC(Nc2ncc(F)c(-c3cccc(-c4cccnc4OC)c3)n2)CC1. The fraction of sp³-hybridized carbons (Fsp3) is 0.333. The van der Waals surface area contributed by atoms with Gasteiger partial charge >= 0.3 is 5.97 Å². The molecule has 1 aliphatic rings. The average Bonchev–Trinajstić information content (AvgIpc) is 2.85. The number of methoxy groups -OCH3 is 2. The number of rotatable bonds is 6. The monoisotopic (exact) mass is 436 g/mol. The lowest BCUT2D eigenvalue weighted by atomic mass is 9.86. The van der Waals surface area contributed by atoms with Crippen molar-refractivity contribution in [3.8, 4) is 28.3 Å². The number of benzene rings is 1. The summed E-state index contributed by atoms with van der Waals surface area (Å²) in [6.45, 7) is 0. The van der Waals surface area contributed by atoms with Gasteiger partial charge in [0.05, 0.1) is 26.3 Å². The maximum Gasteiger partial charge on any atom is 0.308 e. The van der Waals surface area contributed by atoms with Gasteiger partial charge in [0.2, 0.25) is 11.8 Å². The number of esters is 1. The normalized spacial score (nSPS) is 18.1. The smallest absolute Gasteiger partial charge is 0.308 e. The Morgan fingerprint density at radius 1 is 1.06 bits per heavy atom. The fourth-order valence-corrected chi connectivity index (χ4v) is 4.07. The molecule has 166 valence electrons. The molecule has 0 bridgehead atoms. The summed E-state index contributed by atoms with van der Waals surface area (Å²) in [4.78, 5) is 24.5. The molecule has 4 rings (SSSR count). The van der Waals surface area contributed by atoms with E-state index in [2.05, 4.69) is 20.3 Å². The summed E-state index contributed by atoms with van der Waals surface area (Å²) in [5, 5.41) is 3.29. The molecule has 0 saturated heterocycles. The molecule has 0 atom stereocenters. The predicted molar refractivity (Wildman–Crippen MR) is 119 cm³/mol. The largest absolute Gasteiger partial charge is 0.481 e. The average molecular weight is 436 g/mol. The van der Waals surface area contributed by atoms with Crippen LogP contribution in [0, 0.1) is 11.7 Å². The first kappa shape index (κ1) is 21.7.